The zero-order valence-corrected chi connectivity index (χ0v) is 22.2. The molecule has 2 aromatic heterocycles. The Bertz CT molecular complexity index is 1530. The molecule has 2 aromatic carbocycles. The van der Waals surface area contributed by atoms with Crippen LogP contribution in [0.5, 0.6) is 0 Å². The second-order valence-corrected chi connectivity index (χ2v) is 9.59. The van der Waals surface area contributed by atoms with Crippen LogP contribution in [-0.2, 0) is 9.47 Å². The normalized spacial score (nSPS) is 15.7. The van der Waals surface area contributed by atoms with Gasteiger partial charge in [-0.15, -0.1) is 5.10 Å². The van der Waals surface area contributed by atoms with E-state index >= 15 is 0 Å². The van der Waals surface area contributed by atoms with E-state index < -0.39 is 0 Å². The lowest BCUT2D eigenvalue weighted by Gasteiger charge is -2.27. The summed E-state index contributed by atoms with van der Waals surface area (Å²) in [4.78, 5) is 38.4. The van der Waals surface area contributed by atoms with Crippen molar-refractivity contribution in [1.29, 1.82) is 0 Å². The van der Waals surface area contributed by atoms with Gasteiger partial charge in [-0.3, -0.25) is 4.79 Å². The number of urea groups is 1. The van der Waals surface area contributed by atoms with Crippen molar-refractivity contribution in [2.24, 2.45) is 0 Å². The monoisotopic (exact) mass is 542 g/mol. The smallest absolute Gasteiger partial charge is 0.322 e. The maximum Gasteiger partial charge on any atom is 0.322 e. The van der Waals surface area contributed by atoms with Crippen molar-refractivity contribution in [3.63, 3.8) is 0 Å². The SMILES string of the molecule is Cc1c(NC(=O)N2CCOCC2)cccc1-c1nc(Nc2ccc(C(=O)N3CCOCC3)cc2)c2nccn2n1. The first-order valence-corrected chi connectivity index (χ1v) is 13.3. The minimum atomic E-state index is -0.160. The van der Waals surface area contributed by atoms with Crippen molar-refractivity contribution in [3.05, 3.63) is 66.0 Å². The molecule has 0 atom stereocenters. The lowest BCUT2D eigenvalue weighted by Crippen LogP contribution is -2.43. The van der Waals surface area contributed by atoms with E-state index in [0.29, 0.717) is 81.1 Å². The van der Waals surface area contributed by atoms with Crippen LogP contribution >= 0.6 is 0 Å². The molecular formula is C28H30N8O4. The second-order valence-electron chi connectivity index (χ2n) is 9.59. The second kappa shape index (κ2) is 11.3. The Labute approximate surface area is 230 Å². The molecule has 2 aliphatic rings. The molecule has 40 heavy (non-hydrogen) atoms. The van der Waals surface area contributed by atoms with Crippen molar-refractivity contribution in [2.45, 2.75) is 6.92 Å². The number of carbonyl (C=O) groups is 2. The highest BCUT2D eigenvalue weighted by Gasteiger charge is 2.20. The van der Waals surface area contributed by atoms with Gasteiger partial charge in [0.2, 0.25) is 0 Å². The Kier molecular flexibility index (Phi) is 7.25. The molecular weight excluding hydrogens is 512 g/mol. The van der Waals surface area contributed by atoms with Gasteiger partial charge in [0, 0.05) is 61.1 Å². The van der Waals surface area contributed by atoms with Crippen LogP contribution in [0.3, 0.4) is 0 Å². The molecule has 0 bridgehead atoms. The third-order valence-corrected chi connectivity index (χ3v) is 7.06. The Morgan fingerprint density at radius 3 is 2.33 bits per heavy atom. The Hall–Kier alpha value is -4.55. The summed E-state index contributed by atoms with van der Waals surface area (Å²) >= 11 is 0. The van der Waals surface area contributed by atoms with Gasteiger partial charge in [0.1, 0.15) is 0 Å². The summed E-state index contributed by atoms with van der Waals surface area (Å²) < 4.78 is 12.4. The summed E-state index contributed by atoms with van der Waals surface area (Å²) in [6.45, 7) is 6.43. The maximum atomic E-state index is 12.8. The maximum absolute atomic E-state index is 12.8. The number of hydrogen-bond donors (Lipinski definition) is 2. The summed E-state index contributed by atoms with van der Waals surface area (Å²) in [6.07, 6.45) is 3.42. The number of anilines is 3. The zero-order chi connectivity index (χ0) is 27.5. The van der Waals surface area contributed by atoms with Crippen LogP contribution in [0.2, 0.25) is 0 Å². The molecule has 2 saturated heterocycles. The van der Waals surface area contributed by atoms with Gasteiger partial charge in [-0.05, 0) is 42.8 Å². The average molecular weight is 543 g/mol. The Morgan fingerprint density at radius 2 is 1.60 bits per heavy atom. The molecule has 12 nitrogen and oxygen atoms in total. The number of amides is 3. The summed E-state index contributed by atoms with van der Waals surface area (Å²) in [5, 5.41) is 11.0. The number of aromatic nitrogens is 4. The van der Waals surface area contributed by atoms with Crippen molar-refractivity contribution < 1.29 is 19.1 Å². The van der Waals surface area contributed by atoms with Crippen LogP contribution in [0.1, 0.15) is 15.9 Å². The van der Waals surface area contributed by atoms with Crippen LogP contribution in [0, 0.1) is 6.92 Å². The van der Waals surface area contributed by atoms with E-state index in [1.165, 1.54) is 0 Å². The van der Waals surface area contributed by atoms with E-state index in [1.807, 2.05) is 37.3 Å². The van der Waals surface area contributed by atoms with Crippen LogP contribution in [0.15, 0.2) is 54.9 Å². The van der Waals surface area contributed by atoms with Crippen LogP contribution in [0.25, 0.3) is 17.0 Å². The molecule has 12 heteroatoms. The number of morpholine rings is 2. The quantitative estimate of drug-likeness (QED) is 0.394. The molecule has 4 aromatic rings. The predicted molar refractivity (Wildman–Crippen MR) is 149 cm³/mol. The molecule has 0 saturated carbocycles. The van der Waals surface area contributed by atoms with E-state index in [4.69, 9.17) is 14.5 Å². The number of rotatable bonds is 5. The fourth-order valence-electron chi connectivity index (χ4n) is 4.78. The lowest BCUT2D eigenvalue weighted by atomic mass is 10.1. The van der Waals surface area contributed by atoms with Gasteiger partial charge in [-0.2, -0.15) is 0 Å². The van der Waals surface area contributed by atoms with Crippen molar-refractivity contribution in [2.75, 3.05) is 63.2 Å². The Balaban J connectivity index is 1.25. The first-order valence-electron chi connectivity index (χ1n) is 13.3. The van der Waals surface area contributed by atoms with Crippen LogP contribution < -0.4 is 10.6 Å². The molecule has 206 valence electrons. The lowest BCUT2D eigenvalue weighted by molar-refractivity contribution is 0.0303. The van der Waals surface area contributed by atoms with Gasteiger partial charge in [0.05, 0.1) is 26.4 Å². The number of nitrogens with one attached hydrogen (secondary N) is 2. The molecule has 2 aliphatic heterocycles. The fraction of sp³-hybridized carbons (Fsp3) is 0.321. The number of imidazole rings is 1. The highest BCUT2D eigenvalue weighted by atomic mass is 16.5. The zero-order valence-electron chi connectivity index (χ0n) is 22.2. The van der Waals surface area contributed by atoms with Crippen molar-refractivity contribution in [1.82, 2.24) is 29.4 Å². The third kappa shape index (κ3) is 5.31. The van der Waals surface area contributed by atoms with Gasteiger partial charge in [-0.1, -0.05) is 12.1 Å². The van der Waals surface area contributed by atoms with E-state index in [9.17, 15) is 9.59 Å². The number of carbonyl (C=O) groups excluding carboxylic acids is 2. The van der Waals surface area contributed by atoms with E-state index in [1.54, 1.807) is 38.8 Å². The number of nitrogens with zero attached hydrogens (tertiary/aromatic N) is 6. The van der Waals surface area contributed by atoms with Gasteiger partial charge >= 0.3 is 6.03 Å². The average Bonchev–Trinajstić information content (AvgIpc) is 3.48. The first kappa shape index (κ1) is 25.7. The summed E-state index contributed by atoms with van der Waals surface area (Å²) in [7, 11) is 0. The van der Waals surface area contributed by atoms with Gasteiger partial charge in [0.25, 0.3) is 5.91 Å². The topological polar surface area (TPSA) is 126 Å². The van der Waals surface area contributed by atoms with E-state index in [0.717, 1.165) is 16.8 Å². The first-order chi connectivity index (χ1) is 19.6. The minimum absolute atomic E-state index is 0.00844. The highest BCUT2D eigenvalue weighted by Crippen LogP contribution is 2.29. The largest absolute Gasteiger partial charge is 0.378 e. The molecule has 0 aliphatic carbocycles. The van der Waals surface area contributed by atoms with Gasteiger partial charge < -0.3 is 29.9 Å². The van der Waals surface area contributed by atoms with E-state index in [-0.39, 0.29) is 11.9 Å². The van der Waals surface area contributed by atoms with Crippen LogP contribution in [-0.4, -0.2) is 93.9 Å². The number of hydrogen-bond acceptors (Lipinski definition) is 8. The van der Waals surface area contributed by atoms with Gasteiger partial charge in [0.15, 0.2) is 17.3 Å². The molecule has 0 radical (unpaired) electrons. The van der Waals surface area contributed by atoms with Crippen molar-refractivity contribution in [3.8, 4) is 11.4 Å². The van der Waals surface area contributed by atoms with Gasteiger partial charge in [-0.25, -0.2) is 19.3 Å². The number of benzene rings is 2. The summed E-state index contributed by atoms with van der Waals surface area (Å²) in [5.41, 5.74) is 4.26. The fourth-order valence-corrected chi connectivity index (χ4v) is 4.78. The number of ether oxygens (including phenoxy) is 2. The van der Waals surface area contributed by atoms with E-state index in [2.05, 4.69) is 20.7 Å². The Morgan fingerprint density at radius 1 is 0.900 bits per heavy atom. The third-order valence-electron chi connectivity index (χ3n) is 7.06. The molecule has 4 heterocycles. The van der Waals surface area contributed by atoms with Crippen LogP contribution in [0.4, 0.5) is 22.0 Å². The molecule has 3 amide bonds. The summed E-state index contributed by atoms with van der Waals surface area (Å²) in [5.74, 6) is 0.988. The molecule has 2 N–H and O–H groups in total. The molecule has 2 fully saturated rings. The molecule has 6 rings (SSSR count). The van der Waals surface area contributed by atoms with Crippen molar-refractivity contribution >= 4 is 34.8 Å². The highest BCUT2D eigenvalue weighted by molar-refractivity contribution is 5.95. The molecule has 0 unspecified atom stereocenters. The standard InChI is InChI=1S/C28H30N8O4/c1-19-22(3-2-4-23(19)31-28(38)35-13-17-40-18-14-35)24-32-25(26-29-9-10-36(26)33-24)30-21-7-5-20(6-8-21)27(37)34-11-15-39-16-12-34/h2-10H,11-18H2,1H3,(H,31,38)(H,30,32,33). The summed E-state index contributed by atoms with van der Waals surface area (Å²) in [6, 6.07) is 12.8. The molecule has 0 spiro atoms. The minimum Gasteiger partial charge on any atom is -0.378 e. The predicted octanol–water partition coefficient (Wildman–Crippen LogP) is 3.18. The number of fused-ring (bicyclic) bond motifs is 1.